The Kier molecular flexibility index (Phi) is 7.00. The number of hydrogen-bond acceptors (Lipinski definition) is 4. The number of ether oxygens (including phenoxy) is 2. The number of carboxylic acid groups (broad SMARTS) is 1. The first-order chi connectivity index (χ1) is 7.11. The highest BCUT2D eigenvalue weighted by Crippen LogP contribution is 1.95. The van der Waals surface area contributed by atoms with E-state index in [1.54, 1.807) is 0 Å². The van der Waals surface area contributed by atoms with E-state index in [9.17, 15) is 9.59 Å². The first-order valence-electron chi connectivity index (χ1n) is 4.39. The van der Waals surface area contributed by atoms with Gasteiger partial charge in [-0.1, -0.05) is 12.7 Å². The number of carboxylic acids is 1. The summed E-state index contributed by atoms with van der Waals surface area (Å²) in [7, 11) is 1.30. The quantitative estimate of drug-likeness (QED) is 0.602. The summed E-state index contributed by atoms with van der Waals surface area (Å²) < 4.78 is 9.28. The van der Waals surface area contributed by atoms with Gasteiger partial charge in [0.15, 0.2) is 6.10 Å². The maximum absolute atomic E-state index is 10.9. The van der Waals surface area contributed by atoms with Crippen LogP contribution in [0.25, 0.3) is 0 Å². The van der Waals surface area contributed by atoms with E-state index in [4.69, 9.17) is 5.11 Å². The molecular formula is C9H15NO5. The fourth-order valence-corrected chi connectivity index (χ4v) is 0.833. The van der Waals surface area contributed by atoms with Crippen LogP contribution in [0.3, 0.4) is 0 Å². The molecular weight excluding hydrogens is 202 g/mol. The molecule has 86 valence electrons. The number of nitrogens with one attached hydrogen (secondary N) is 1. The van der Waals surface area contributed by atoms with Gasteiger partial charge in [0.2, 0.25) is 0 Å². The number of aliphatic carboxylic acids is 1. The monoisotopic (exact) mass is 217 g/mol. The summed E-state index contributed by atoms with van der Waals surface area (Å²) >= 11 is 0. The molecule has 1 unspecified atom stereocenters. The van der Waals surface area contributed by atoms with Crippen molar-refractivity contribution in [1.82, 2.24) is 5.32 Å². The zero-order chi connectivity index (χ0) is 11.7. The Hall–Kier alpha value is -1.56. The summed E-state index contributed by atoms with van der Waals surface area (Å²) in [6.07, 6.45) is 0.115. The van der Waals surface area contributed by atoms with Crippen molar-refractivity contribution in [2.75, 3.05) is 20.3 Å². The topological polar surface area (TPSA) is 84.9 Å². The number of hydrogen-bond donors (Lipinski definition) is 2. The smallest absolute Gasteiger partial charge is 0.407 e. The van der Waals surface area contributed by atoms with Crippen LogP contribution in [0.4, 0.5) is 4.79 Å². The molecule has 0 aromatic carbocycles. The molecule has 0 heterocycles. The molecule has 0 radical (unpaired) electrons. The highest BCUT2D eigenvalue weighted by Gasteiger charge is 2.15. The largest absolute Gasteiger partial charge is 0.479 e. The van der Waals surface area contributed by atoms with Crippen molar-refractivity contribution in [2.24, 2.45) is 0 Å². The van der Waals surface area contributed by atoms with E-state index in [2.05, 4.69) is 21.4 Å². The van der Waals surface area contributed by atoms with E-state index in [1.165, 1.54) is 13.2 Å². The summed E-state index contributed by atoms with van der Waals surface area (Å²) in [4.78, 5) is 21.4. The molecule has 0 saturated carbocycles. The SMILES string of the molecule is C=CCOC(=O)NCCC(OC)C(=O)O. The van der Waals surface area contributed by atoms with Gasteiger partial charge in [0.1, 0.15) is 6.61 Å². The minimum atomic E-state index is -1.06. The van der Waals surface area contributed by atoms with Gasteiger partial charge in [-0.05, 0) is 0 Å². The van der Waals surface area contributed by atoms with Crippen molar-refractivity contribution in [3.05, 3.63) is 12.7 Å². The normalized spacial score (nSPS) is 11.5. The van der Waals surface area contributed by atoms with Crippen LogP contribution in [0.5, 0.6) is 0 Å². The van der Waals surface area contributed by atoms with Gasteiger partial charge in [0, 0.05) is 20.1 Å². The van der Waals surface area contributed by atoms with Gasteiger partial charge < -0.3 is 19.9 Å². The maximum atomic E-state index is 10.9. The molecule has 0 aliphatic rings. The Morgan fingerprint density at radius 2 is 2.27 bits per heavy atom. The molecule has 0 bridgehead atoms. The molecule has 15 heavy (non-hydrogen) atoms. The highest BCUT2D eigenvalue weighted by molar-refractivity contribution is 5.72. The third-order valence-electron chi connectivity index (χ3n) is 1.57. The lowest BCUT2D eigenvalue weighted by Gasteiger charge is -2.10. The molecule has 0 saturated heterocycles. The zero-order valence-electron chi connectivity index (χ0n) is 8.56. The second-order valence-corrected chi connectivity index (χ2v) is 2.67. The second-order valence-electron chi connectivity index (χ2n) is 2.67. The number of amides is 1. The lowest BCUT2D eigenvalue weighted by molar-refractivity contribution is -0.148. The fraction of sp³-hybridized carbons (Fsp3) is 0.556. The first-order valence-corrected chi connectivity index (χ1v) is 4.39. The van der Waals surface area contributed by atoms with Gasteiger partial charge in [-0.3, -0.25) is 0 Å². The van der Waals surface area contributed by atoms with Gasteiger partial charge in [0.05, 0.1) is 0 Å². The molecule has 0 fully saturated rings. The van der Waals surface area contributed by atoms with Crippen LogP contribution >= 0.6 is 0 Å². The van der Waals surface area contributed by atoms with Crippen molar-refractivity contribution in [3.8, 4) is 0 Å². The van der Waals surface area contributed by atoms with Crippen LogP contribution in [0.2, 0.25) is 0 Å². The van der Waals surface area contributed by atoms with Crippen molar-refractivity contribution in [3.63, 3.8) is 0 Å². The first kappa shape index (κ1) is 13.4. The summed E-state index contributed by atoms with van der Waals surface area (Å²) in [6.45, 7) is 3.68. The molecule has 0 spiro atoms. The lowest BCUT2D eigenvalue weighted by Crippen LogP contribution is -2.31. The molecule has 1 atom stereocenters. The Morgan fingerprint density at radius 1 is 1.60 bits per heavy atom. The minimum absolute atomic E-state index is 0.123. The van der Waals surface area contributed by atoms with Crippen molar-refractivity contribution in [2.45, 2.75) is 12.5 Å². The molecule has 0 rings (SSSR count). The third kappa shape index (κ3) is 6.50. The predicted octanol–water partition coefficient (Wildman–Crippen LogP) is 0.388. The standard InChI is InChI=1S/C9H15NO5/c1-3-6-15-9(13)10-5-4-7(14-2)8(11)12/h3,7H,1,4-6H2,2H3,(H,10,13)(H,11,12). The summed E-state index contributed by atoms with van der Waals surface area (Å²) in [5, 5.41) is 11.0. The van der Waals surface area contributed by atoms with Gasteiger partial charge >= 0.3 is 12.1 Å². The lowest BCUT2D eigenvalue weighted by atomic mass is 10.2. The Labute approximate surface area is 87.9 Å². The summed E-state index contributed by atoms with van der Waals surface area (Å²) in [5.74, 6) is -1.06. The zero-order valence-corrected chi connectivity index (χ0v) is 8.56. The van der Waals surface area contributed by atoms with Crippen LogP contribution in [0.1, 0.15) is 6.42 Å². The van der Waals surface area contributed by atoms with Crippen LogP contribution in [-0.4, -0.2) is 43.5 Å². The number of carbonyl (C=O) groups excluding carboxylic acids is 1. The number of rotatable bonds is 7. The Balaban J connectivity index is 3.63. The van der Waals surface area contributed by atoms with Gasteiger partial charge in [-0.25, -0.2) is 9.59 Å². The van der Waals surface area contributed by atoms with E-state index < -0.39 is 18.2 Å². The number of methoxy groups -OCH3 is 1. The number of carbonyl (C=O) groups is 2. The molecule has 6 nitrogen and oxygen atoms in total. The number of alkyl carbamates (subject to hydrolysis) is 1. The molecule has 2 N–H and O–H groups in total. The van der Waals surface area contributed by atoms with Gasteiger partial charge in [-0.15, -0.1) is 0 Å². The van der Waals surface area contributed by atoms with Crippen LogP contribution < -0.4 is 5.32 Å². The van der Waals surface area contributed by atoms with Crippen LogP contribution in [0.15, 0.2) is 12.7 Å². The van der Waals surface area contributed by atoms with Crippen LogP contribution in [-0.2, 0) is 14.3 Å². The molecule has 6 heteroatoms. The van der Waals surface area contributed by atoms with E-state index in [0.29, 0.717) is 0 Å². The van der Waals surface area contributed by atoms with E-state index >= 15 is 0 Å². The average molecular weight is 217 g/mol. The van der Waals surface area contributed by atoms with Crippen LogP contribution in [0, 0.1) is 0 Å². The predicted molar refractivity (Wildman–Crippen MR) is 52.6 cm³/mol. The Bertz CT molecular complexity index is 229. The summed E-state index contributed by atoms with van der Waals surface area (Å²) in [6, 6.07) is 0. The molecule has 0 aromatic heterocycles. The van der Waals surface area contributed by atoms with E-state index in [1.807, 2.05) is 0 Å². The van der Waals surface area contributed by atoms with Crippen molar-refractivity contribution < 1.29 is 24.2 Å². The van der Waals surface area contributed by atoms with Crippen molar-refractivity contribution >= 4 is 12.1 Å². The fourth-order valence-electron chi connectivity index (χ4n) is 0.833. The average Bonchev–Trinajstić information content (AvgIpc) is 2.20. The summed E-state index contributed by atoms with van der Waals surface area (Å²) in [5.41, 5.74) is 0. The minimum Gasteiger partial charge on any atom is -0.479 e. The maximum Gasteiger partial charge on any atom is 0.407 e. The molecule has 0 aromatic rings. The molecule has 0 aliphatic carbocycles. The highest BCUT2D eigenvalue weighted by atomic mass is 16.5. The van der Waals surface area contributed by atoms with Gasteiger partial charge in [0.25, 0.3) is 0 Å². The second kappa shape index (κ2) is 7.81. The Morgan fingerprint density at radius 3 is 2.73 bits per heavy atom. The third-order valence-corrected chi connectivity index (χ3v) is 1.57. The van der Waals surface area contributed by atoms with Crippen molar-refractivity contribution in [1.29, 1.82) is 0 Å². The van der Waals surface area contributed by atoms with E-state index in [0.717, 1.165) is 0 Å². The van der Waals surface area contributed by atoms with Gasteiger partial charge in [-0.2, -0.15) is 0 Å². The molecule has 0 aliphatic heterocycles. The molecule has 1 amide bonds. The van der Waals surface area contributed by atoms with E-state index in [-0.39, 0.29) is 19.6 Å².